The van der Waals surface area contributed by atoms with E-state index in [-0.39, 0.29) is 23.1 Å². The maximum Gasteiger partial charge on any atom is 0.392 e. The fourth-order valence-corrected chi connectivity index (χ4v) is 2.65. The zero-order chi connectivity index (χ0) is 21.9. The Morgan fingerprint density at radius 3 is 2.67 bits per heavy atom. The minimum Gasteiger partial charge on any atom is -0.477 e. The van der Waals surface area contributed by atoms with Crippen LogP contribution in [0.15, 0.2) is 30.6 Å². The van der Waals surface area contributed by atoms with Crippen LogP contribution in [0.3, 0.4) is 0 Å². The number of halogens is 3. The van der Waals surface area contributed by atoms with Gasteiger partial charge in [-0.3, -0.25) is 9.59 Å². The number of hydrogen-bond acceptors (Lipinski definition) is 4. The van der Waals surface area contributed by atoms with E-state index in [1.165, 1.54) is 18.5 Å². The second kappa shape index (κ2) is 8.37. The molecule has 0 spiro atoms. The van der Waals surface area contributed by atoms with Gasteiger partial charge in [0.15, 0.2) is 0 Å². The van der Waals surface area contributed by atoms with Crippen molar-refractivity contribution in [1.29, 1.82) is 0 Å². The molecule has 0 bridgehead atoms. The van der Waals surface area contributed by atoms with Gasteiger partial charge in [0.1, 0.15) is 5.82 Å². The Labute approximate surface area is 171 Å². The fraction of sp³-hybridized carbons (Fsp3) is 0.450. The number of nitrogens with one attached hydrogen (secondary N) is 3. The second-order valence-electron chi connectivity index (χ2n) is 7.66. The highest BCUT2D eigenvalue weighted by Crippen LogP contribution is 2.45. The first-order valence-corrected chi connectivity index (χ1v) is 9.52. The number of aromatic nitrogens is 2. The largest absolute Gasteiger partial charge is 0.477 e. The second-order valence-corrected chi connectivity index (χ2v) is 7.66. The number of pyridine rings is 1. The van der Waals surface area contributed by atoms with Gasteiger partial charge in [0.05, 0.1) is 24.6 Å². The quantitative estimate of drug-likeness (QED) is 0.598. The molecule has 1 aliphatic carbocycles. The number of amides is 2. The number of aromatic amines is 1. The molecule has 1 atom stereocenters. The predicted octanol–water partition coefficient (Wildman–Crippen LogP) is 3.97. The number of H-pyrrole nitrogens is 1. The standard InChI is InChI=1S/C20H23F3N4O3/c1-12(13-3-4-16(25-10-13)30-8-7-20(21,22)23)26-17(28)14-9-15(24-11-14)27-18(29)19(2)5-6-19/h3-4,9-12,24H,5-8H2,1-2H3,(H,26,28)(H,27,29). The Morgan fingerprint density at radius 2 is 2.07 bits per heavy atom. The summed E-state index contributed by atoms with van der Waals surface area (Å²) < 4.78 is 41.4. The minimum atomic E-state index is -4.28. The number of ether oxygens (including phenoxy) is 1. The topological polar surface area (TPSA) is 96.1 Å². The molecule has 162 valence electrons. The van der Waals surface area contributed by atoms with Crippen LogP contribution in [0.1, 0.15) is 55.1 Å². The number of rotatable bonds is 8. The van der Waals surface area contributed by atoms with Gasteiger partial charge < -0.3 is 20.4 Å². The molecule has 0 radical (unpaired) electrons. The van der Waals surface area contributed by atoms with Crippen molar-refractivity contribution in [2.24, 2.45) is 5.41 Å². The highest BCUT2D eigenvalue weighted by molar-refractivity contribution is 5.99. The summed E-state index contributed by atoms with van der Waals surface area (Å²) in [6.07, 6.45) is -0.693. The summed E-state index contributed by atoms with van der Waals surface area (Å²) in [7, 11) is 0. The fourth-order valence-electron chi connectivity index (χ4n) is 2.65. The smallest absolute Gasteiger partial charge is 0.392 e. The normalized spacial score (nSPS) is 15.9. The van der Waals surface area contributed by atoms with Gasteiger partial charge in [-0.2, -0.15) is 13.2 Å². The van der Waals surface area contributed by atoms with E-state index in [9.17, 15) is 22.8 Å². The highest BCUT2D eigenvalue weighted by atomic mass is 19.4. The van der Waals surface area contributed by atoms with E-state index in [0.29, 0.717) is 16.9 Å². The van der Waals surface area contributed by atoms with Crippen LogP contribution in [0.2, 0.25) is 0 Å². The van der Waals surface area contributed by atoms with Gasteiger partial charge in [-0.15, -0.1) is 0 Å². The molecule has 3 N–H and O–H groups in total. The first kappa shape index (κ1) is 21.7. The van der Waals surface area contributed by atoms with E-state index < -0.39 is 25.2 Å². The molecule has 0 aromatic carbocycles. The van der Waals surface area contributed by atoms with Crippen LogP contribution >= 0.6 is 0 Å². The van der Waals surface area contributed by atoms with Crippen molar-refractivity contribution in [1.82, 2.24) is 15.3 Å². The third-order valence-corrected chi connectivity index (χ3v) is 4.98. The van der Waals surface area contributed by atoms with Gasteiger partial charge in [-0.1, -0.05) is 13.0 Å². The Bertz CT molecular complexity index is 905. The molecule has 1 aliphatic rings. The molecule has 3 rings (SSSR count). The number of alkyl halides is 3. The maximum atomic E-state index is 12.4. The molecule has 0 saturated heterocycles. The van der Waals surface area contributed by atoms with Crippen molar-refractivity contribution in [3.8, 4) is 5.88 Å². The molecule has 1 saturated carbocycles. The number of anilines is 1. The number of hydrogen-bond donors (Lipinski definition) is 3. The molecular formula is C20H23F3N4O3. The zero-order valence-electron chi connectivity index (χ0n) is 16.6. The molecule has 1 unspecified atom stereocenters. The first-order chi connectivity index (χ1) is 14.1. The Morgan fingerprint density at radius 1 is 1.33 bits per heavy atom. The molecule has 0 aliphatic heterocycles. The molecule has 10 heteroatoms. The van der Waals surface area contributed by atoms with Crippen molar-refractivity contribution in [2.45, 2.75) is 45.3 Å². The lowest BCUT2D eigenvalue weighted by atomic mass is 10.1. The average Bonchev–Trinajstić information content (AvgIpc) is 3.25. The summed E-state index contributed by atoms with van der Waals surface area (Å²) in [6, 6.07) is 4.24. The number of nitrogens with zero attached hydrogens (tertiary/aromatic N) is 1. The van der Waals surface area contributed by atoms with Crippen LogP contribution in [0.25, 0.3) is 0 Å². The van der Waals surface area contributed by atoms with E-state index >= 15 is 0 Å². The Hall–Kier alpha value is -3.04. The van der Waals surface area contributed by atoms with Crippen molar-refractivity contribution in [3.05, 3.63) is 41.7 Å². The predicted molar refractivity (Wildman–Crippen MR) is 103 cm³/mol. The summed E-state index contributed by atoms with van der Waals surface area (Å²) in [4.78, 5) is 31.4. The van der Waals surface area contributed by atoms with E-state index in [1.807, 2.05) is 6.92 Å². The van der Waals surface area contributed by atoms with Gasteiger partial charge in [-0.05, 0) is 31.4 Å². The molecule has 30 heavy (non-hydrogen) atoms. The van der Waals surface area contributed by atoms with Gasteiger partial charge in [-0.25, -0.2) is 4.98 Å². The Kier molecular flexibility index (Phi) is 6.04. The summed E-state index contributed by atoms with van der Waals surface area (Å²) >= 11 is 0. The number of carbonyl (C=O) groups is 2. The molecule has 1 fully saturated rings. The third kappa shape index (κ3) is 5.74. The first-order valence-electron chi connectivity index (χ1n) is 9.52. The van der Waals surface area contributed by atoms with Gasteiger partial charge >= 0.3 is 6.18 Å². The van der Waals surface area contributed by atoms with Gasteiger partial charge in [0.25, 0.3) is 5.91 Å². The lowest BCUT2D eigenvalue weighted by Gasteiger charge is -2.14. The average molecular weight is 424 g/mol. The van der Waals surface area contributed by atoms with E-state index in [4.69, 9.17) is 4.74 Å². The molecule has 2 heterocycles. The van der Waals surface area contributed by atoms with Crippen LogP contribution in [-0.4, -0.2) is 34.6 Å². The van der Waals surface area contributed by atoms with E-state index in [2.05, 4.69) is 20.6 Å². The molecule has 2 aromatic heterocycles. The van der Waals surface area contributed by atoms with Gasteiger partial charge in [0, 0.05) is 23.9 Å². The van der Waals surface area contributed by atoms with Crippen molar-refractivity contribution >= 4 is 17.6 Å². The molecule has 7 nitrogen and oxygen atoms in total. The van der Waals surface area contributed by atoms with Crippen LogP contribution in [0.5, 0.6) is 5.88 Å². The number of carbonyl (C=O) groups excluding carboxylic acids is 2. The lowest BCUT2D eigenvalue weighted by molar-refractivity contribution is -0.139. The van der Waals surface area contributed by atoms with Crippen LogP contribution in [-0.2, 0) is 4.79 Å². The summed E-state index contributed by atoms with van der Waals surface area (Å²) in [5, 5.41) is 5.57. The van der Waals surface area contributed by atoms with E-state index in [0.717, 1.165) is 12.8 Å². The summed E-state index contributed by atoms with van der Waals surface area (Å²) in [5.74, 6) is 0.112. The molecule has 2 amide bonds. The van der Waals surface area contributed by atoms with Crippen molar-refractivity contribution in [2.75, 3.05) is 11.9 Å². The van der Waals surface area contributed by atoms with Crippen LogP contribution in [0, 0.1) is 5.41 Å². The summed E-state index contributed by atoms with van der Waals surface area (Å²) in [6.45, 7) is 3.14. The summed E-state index contributed by atoms with van der Waals surface area (Å²) in [5.41, 5.74) is 0.702. The zero-order valence-corrected chi connectivity index (χ0v) is 16.6. The highest BCUT2D eigenvalue weighted by Gasteiger charge is 2.45. The SMILES string of the molecule is CC(NC(=O)c1c[nH]c(NC(=O)C2(C)CC2)c1)c1ccc(OCCC(F)(F)F)nc1. The molecular weight excluding hydrogens is 401 g/mol. The molecule has 2 aromatic rings. The van der Waals surface area contributed by atoms with Crippen LogP contribution in [0.4, 0.5) is 19.0 Å². The van der Waals surface area contributed by atoms with Crippen LogP contribution < -0.4 is 15.4 Å². The monoisotopic (exact) mass is 424 g/mol. The van der Waals surface area contributed by atoms with Crippen molar-refractivity contribution in [3.63, 3.8) is 0 Å². The Balaban J connectivity index is 1.51. The van der Waals surface area contributed by atoms with E-state index in [1.54, 1.807) is 19.1 Å². The van der Waals surface area contributed by atoms with Gasteiger partial charge in [0.2, 0.25) is 11.8 Å². The lowest BCUT2D eigenvalue weighted by Crippen LogP contribution is -2.26. The maximum absolute atomic E-state index is 12.4. The van der Waals surface area contributed by atoms with Crippen molar-refractivity contribution < 1.29 is 27.5 Å². The minimum absolute atomic E-state index is 0.0757. The third-order valence-electron chi connectivity index (χ3n) is 4.98.